The summed E-state index contributed by atoms with van der Waals surface area (Å²) in [7, 11) is 0. The number of rotatable bonds is 14. The van der Waals surface area contributed by atoms with E-state index in [4.69, 9.17) is 14.2 Å². The quantitative estimate of drug-likeness (QED) is 0.203. The normalized spacial score (nSPS) is 22.8. The van der Waals surface area contributed by atoms with Crippen LogP contribution >= 0.6 is 11.3 Å². The molecule has 2 aromatic rings. The van der Waals surface area contributed by atoms with Gasteiger partial charge in [0.15, 0.2) is 6.29 Å². The van der Waals surface area contributed by atoms with Gasteiger partial charge in [-0.15, -0.1) is 11.3 Å². The predicted octanol–water partition coefficient (Wildman–Crippen LogP) is 3.92. The number of ether oxygens (including phenoxy) is 3. The largest absolute Gasteiger partial charge is 0.459 e. The number of nitrogens with one attached hydrogen (secondary N) is 2. The first kappa shape index (κ1) is 29.2. The Morgan fingerprint density at radius 2 is 1.75 bits per heavy atom. The minimum Gasteiger partial charge on any atom is -0.459 e. The molecule has 3 saturated heterocycles. The van der Waals surface area contributed by atoms with Crippen molar-refractivity contribution in [2.75, 3.05) is 39.4 Å². The lowest BCUT2D eigenvalue weighted by atomic mass is 9.85. The van der Waals surface area contributed by atoms with Crippen LogP contribution in [-0.2, 0) is 38.4 Å². The first-order chi connectivity index (χ1) is 19.5. The number of carbonyl (C=O) groups is 2. The molecule has 1 aliphatic carbocycles. The molecular formula is C31H43N3O5S. The van der Waals surface area contributed by atoms with Crippen LogP contribution in [-0.4, -0.2) is 74.1 Å². The third kappa shape index (κ3) is 6.94. The van der Waals surface area contributed by atoms with Crippen molar-refractivity contribution in [3.63, 3.8) is 0 Å². The van der Waals surface area contributed by atoms with Crippen LogP contribution in [0.2, 0.25) is 0 Å². The number of nitrogens with zero attached hydrogens (tertiary/aromatic N) is 1. The highest BCUT2D eigenvalue weighted by molar-refractivity contribution is 7.14. The topological polar surface area (TPSA) is 89.1 Å². The second-order valence-electron chi connectivity index (χ2n) is 11.1. The van der Waals surface area contributed by atoms with Crippen molar-refractivity contribution in [3.05, 3.63) is 57.3 Å². The molecule has 0 unspecified atom stereocenters. The molecule has 1 aromatic heterocycles. The van der Waals surface area contributed by atoms with Gasteiger partial charge in [-0.1, -0.05) is 24.3 Å². The SMILES string of the molecule is CCOC(CCCNC(=O)c1ccc(CNC2(C(=O)O[C@H]3CN4CCC3CC4)Cc3ccccc3C2)s1)OCC. The summed E-state index contributed by atoms with van der Waals surface area (Å²) in [5.41, 5.74) is 1.60. The van der Waals surface area contributed by atoms with Crippen LogP contribution in [0.1, 0.15) is 65.2 Å². The summed E-state index contributed by atoms with van der Waals surface area (Å²) in [5, 5.41) is 6.60. The van der Waals surface area contributed by atoms with E-state index in [2.05, 4.69) is 27.7 Å². The van der Waals surface area contributed by atoms with E-state index in [0.717, 1.165) is 50.2 Å². The minimum absolute atomic E-state index is 0.0215. The Hall–Kier alpha value is -2.30. The molecular weight excluding hydrogens is 526 g/mol. The van der Waals surface area contributed by atoms with E-state index in [9.17, 15) is 9.59 Å². The molecule has 40 heavy (non-hydrogen) atoms. The van der Waals surface area contributed by atoms with Crippen molar-refractivity contribution in [3.8, 4) is 0 Å². The van der Waals surface area contributed by atoms with Gasteiger partial charge in [0.05, 0.1) is 4.88 Å². The van der Waals surface area contributed by atoms with Crippen molar-refractivity contribution >= 4 is 23.2 Å². The van der Waals surface area contributed by atoms with Crippen molar-refractivity contribution in [1.29, 1.82) is 0 Å². The lowest BCUT2D eigenvalue weighted by Crippen LogP contribution is -2.58. The molecule has 1 atom stereocenters. The zero-order valence-electron chi connectivity index (χ0n) is 23.8. The zero-order chi connectivity index (χ0) is 28.0. The molecule has 8 nitrogen and oxygen atoms in total. The molecule has 2 N–H and O–H groups in total. The average molecular weight is 570 g/mol. The predicted molar refractivity (Wildman–Crippen MR) is 155 cm³/mol. The van der Waals surface area contributed by atoms with Gasteiger partial charge in [0, 0.05) is 57.0 Å². The van der Waals surface area contributed by atoms with E-state index in [0.29, 0.717) is 49.9 Å². The van der Waals surface area contributed by atoms with E-state index in [1.54, 1.807) is 0 Å². The lowest BCUT2D eigenvalue weighted by molar-refractivity contribution is -0.166. The second-order valence-corrected chi connectivity index (χ2v) is 12.3. The van der Waals surface area contributed by atoms with Gasteiger partial charge in [0.1, 0.15) is 11.6 Å². The molecule has 9 heteroatoms. The van der Waals surface area contributed by atoms with Crippen molar-refractivity contribution in [2.45, 2.75) is 76.9 Å². The van der Waals surface area contributed by atoms with Gasteiger partial charge in [-0.2, -0.15) is 0 Å². The third-order valence-electron chi connectivity index (χ3n) is 8.44. The molecule has 1 amide bonds. The van der Waals surface area contributed by atoms with Crippen molar-refractivity contribution in [2.24, 2.45) is 5.92 Å². The summed E-state index contributed by atoms with van der Waals surface area (Å²) in [5.74, 6) is 0.247. The summed E-state index contributed by atoms with van der Waals surface area (Å²) in [6, 6.07) is 12.1. The highest BCUT2D eigenvalue weighted by Crippen LogP contribution is 2.35. The number of thiophene rings is 1. The van der Waals surface area contributed by atoms with Crippen LogP contribution in [0, 0.1) is 5.92 Å². The Bertz CT molecular complexity index is 1110. The van der Waals surface area contributed by atoms with E-state index >= 15 is 0 Å². The smallest absolute Gasteiger partial charge is 0.327 e. The Labute approximate surface area is 241 Å². The Balaban J connectivity index is 1.17. The maximum Gasteiger partial charge on any atom is 0.327 e. The Morgan fingerprint density at radius 1 is 1.05 bits per heavy atom. The summed E-state index contributed by atoms with van der Waals surface area (Å²) in [6.45, 7) is 9.26. The maximum absolute atomic E-state index is 13.8. The molecule has 0 radical (unpaired) electrons. The van der Waals surface area contributed by atoms with Crippen molar-refractivity contribution < 1.29 is 23.8 Å². The van der Waals surface area contributed by atoms with Gasteiger partial charge in [-0.3, -0.25) is 19.8 Å². The van der Waals surface area contributed by atoms with Gasteiger partial charge in [-0.25, -0.2) is 0 Å². The van der Waals surface area contributed by atoms with Gasteiger partial charge in [0.25, 0.3) is 5.91 Å². The number of hydrogen-bond acceptors (Lipinski definition) is 8. The second kappa shape index (κ2) is 13.6. The third-order valence-corrected chi connectivity index (χ3v) is 9.53. The fourth-order valence-corrected chi connectivity index (χ4v) is 7.11. The molecule has 6 rings (SSSR count). The number of benzene rings is 1. The van der Waals surface area contributed by atoms with E-state index < -0.39 is 5.54 Å². The number of esters is 1. The van der Waals surface area contributed by atoms with Crippen LogP contribution in [0.25, 0.3) is 0 Å². The Kier molecular flexibility index (Phi) is 9.91. The summed E-state index contributed by atoms with van der Waals surface area (Å²) >= 11 is 1.46. The van der Waals surface area contributed by atoms with Crippen LogP contribution < -0.4 is 10.6 Å². The molecule has 218 valence electrons. The van der Waals surface area contributed by atoms with Gasteiger partial charge in [-0.05, 0) is 75.4 Å². The van der Waals surface area contributed by atoms with Gasteiger partial charge >= 0.3 is 5.97 Å². The standard InChI is InChI=1S/C31H43N3O5S/c1-3-37-28(38-4-2)10-7-15-32-29(35)27-12-11-25(40-27)20-33-31(18-23-8-5-6-9-24(23)19-31)30(36)39-26-21-34-16-13-22(26)14-17-34/h5-6,8-9,11-12,22,26,28,33H,3-4,7,10,13-21H2,1-2H3,(H,32,35)/t26-/m0/s1. The van der Waals surface area contributed by atoms with E-state index in [-0.39, 0.29) is 24.3 Å². The van der Waals surface area contributed by atoms with E-state index in [1.807, 2.05) is 38.1 Å². The maximum atomic E-state index is 13.8. The first-order valence-electron chi connectivity index (χ1n) is 14.8. The minimum atomic E-state index is -0.792. The van der Waals surface area contributed by atoms with Crippen LogP contribution in [0.15, 0.2) is 36.4 Å². The van der Waals surface area contributed by atoms with Crippen LogP contribution in [0.4, 0.5) is 0 Å². The van der Waals surface area contributed by atoms with E-state index in [1.165, 1.54) is 22.5 Å². The summed E-state index contributed by atoms with van der Waals surface area (Å²) in [4.78, 5) is 30.7. The monoisotopic (exact) mass is 569 g/mol. The number of fused-ring (bicyclic) bond motifs is 4. The lowest BCUT2D eigenvalue weighted by Gasteiger charge is -2.45. The average Bonchev–Trinajstić information content (AvgIpc) is 3.60. The number of carbonyl (C=O) groups excluding carboxylic acids is 2. The number of amides is 1. The molecule has 2 bridgehead atoms. The molecule has 0 spiro atoms. The molecule has 0 saturated carbocycles. The summed E-state index contributed by atoms with van der Waals surface area (Å²) in [6.07, 6.45) is 4.72. The molecule has 3 fully saturated rings. The highest BCUT2D eigenvalue weighted by atomic mass is 32.1. The first-order valence-corrected chi connectivity index (χ1v) is 15.7. The molecule has 4 aliphatic rings. The molecule has 3 aliphatic heterocycles. The fraction of sp³-hybridized carbons (Fsp3) is 0.613. The number of hydrogen-bond donors (Lipinski definition) is 2. The molecule has 1 aromatic carbocycles. The molecule has 4 heterocycles. The van der Waals surface area contributed by atoms with Crippen LogP contribution in [0.5, 0.6) is 0 Å². The fourth-order valence-electron chi connectivity index (χ4n) is 6.25. The van der Waals surface area contributed by atoms with Gasteiger partial charge < -0.3 is 19.5 Å². The van der Waals surface area contributed by atoms with Crippen molar-refractivity contribution in [1.82, 2.24) is 15.5 Å². The summed E-state index contributed by atoms with van der Waals surface area (Å²) < 4.78 is 17.4. The highest BCUT2D eigenvalue weighted by Gasteiger charge is 2.47. The zero-order valence-corrected chi connectivity index (χ0v) is 24.6. The number of piperidine rings is 3. The Morgan fingerprint density at radius 3 is 2.38 bits per heavy atom. The van der Waals surface area contributed by atoms with Crippen LogP contribution in [0.3, 0.4) is 0 Å². The van der Waals surface area contributed by atoms with Gasteiger partial charge in [0.2, 0.25) is 0 Å².